The number of hydrogen-bond donors (Lipinski definition) is 0. The molecule has 0 heterocycles. The van der Waals surface area contributed by atoms with E-state index in [1.54, 1.807) is 0 Å². The summed E-state index contributed by atoms with van der Waals surface area (Å²) in [5.74, 6) is 0. The van der Waals surface area contributed by atoms with Gasteiger partial charge in [0.1, 0.15) is 0 Å². The molecule has 0 spiro atoms. The Hall–Kier alpha value is 0.125. The molecule has 0 aliphatic heterocycles. The van der Waals surface area contributed by atoms with Crippen LogP contribution in [0.2, 0.25) is 19.1 Å². The molecule has 0 fully saturated rings. The molecule has 2 heteroatoms. The molecule has 77 valence electrons. The molecule has 0 bridgehead atoms. The summed E-state index contributed by atoms with van der Waals surface area (Å²) in [6, 6.07) is 1.27. The van der Waals surface area contributed by atoms with Crippen LogP contribution in [0.4, 0.5) is 0 Å². The topological polar surface area (TPSA) is 0 Å². The molecule has 0 saturated heterocycles. The third kappa shape index (κ3) is 14.9. The first-order valence-corrected chi connectivity index (χ1v) is 6.98. The first-order valence-electron chi connectivity index (χ1n) is 4.28. The van der Waals surface area contributed by atoms with E-state index in [9.17, 15) is 0 Å². The predicted molar refractivity (Wildman–Crippen MR) is 58.7 cm³/mol. The summed E-state index contributed by atoms with van der Waals surface area (Å²) in [7, 11) is -0.0337. The van der Waals surface area contributed by atoms with Crippen LogP contribution in [-0.4, -0.2) is 8.80 Å². The Morgan fingerprint density at radius 2 is 2.15 bits per heavy atom. The Morgan fingerprint density at radius 3 is 2.23 bits per heavy atom. The molecular formula is C11H18PtSi-. The van der Waals surface area contributed by atoms with E-state index in [1.807, 2.05) is 12.2 Å². The second-order valence-corrected chi connectivity index (χ2v) is 6.11. The predicted octanol–water partition coefficient (Wildman–Crippen LogP) is 3.62. The molecule has 1 aliphatic carbocycles. The maximum absolute atomic E-state index is 3.82. The molecule has 0 amide bonds. The summed E-state index contributed by atoms with van der Waals surface area (Å²) >= 11 is 0. The molecule has 0 saturated carbocycles. The average molecular weight is 373 g/mol. The minimum absolute atomic E-state index is 0. The molecule has 0 aromatic rings. The molecule has 0 aromatic carbocycles. The maximum atomic E-state index is 3.82. The van der Waals surface area contributed by atoms with Gasteiger partial charge in [-0.2, -0.15) is 6.08 Å². The third-order valence-corrected chi connectivity index (χ3v) is 2.55. The molecule has 0 unspecified atom stereocenters. The van der Waals surface area contributed by atoms with E-state index in [0.717, 1.165) is 6.42 Å². The van der Waals surface area contributed by atoms with Gasteiger partial charge in [0.2, 0.25) is 0 Å². The minimum Gasteiger partial charge on any atom is -0.273 e. The zero-order valence-corrected chi connectivity index (χ0v) is 11.9. The fraction of sp³-hybridized carbons (Fsp3) is 0.455. The van der Waals surface area contributed by atoms with Crippen molar-refractivity contribution >= 4 is 8.80 Å². The minimum atomic E-state index is -0.0337. The Kier molecular flexibility index (Phi) is 12.2. The van der Waals surface area contributed by atoms with Gasteiger partial charge in [-0.3, -0.25) is 6.08 Å². The zero-order chi connectivity index (χ0) is 9.40. The van der Waals surface area contributed by atoms with Crippen molar-refractivity contribution in [3.05, 3.63) is 36.5 Å². The molecule has 0 atom stereocenters. The molecule has 13 heavy (non-hydrogen) atoms. The fourth-order valence-electron chi connectivity index (χ4n) is 0.944. The van der Waals surface area contributed by atoms with Crippen LogP contribution in [0.15, 0.2) is 30.4 Å². The van der Waals surface area contributed by atoms with E-state index in [-0.39, 0.29) is 29.9 Å². The van der Waals surface area contributed by atoms with Crippen LogP contribution in [-0.2, 0) is 21.1 Å². The van der Waals surface area contributed by atoms with Crippen LogP contribution in [0.3, 0.4) is 0 Å². The van der Waals surface area contributed by atoms with E-state index in [0.29, 0.717) is 0 Å². The van der Waals surface area contributed by atoms with Crippen LogP contribution in [0.5, 0.6) is 0 Å². The van der Waals surface area contributed by atoms with Crippen molar-refractivity contribution in [1.29, 1.82) is 0 Å². The van der Waals surface area contributed by atoms with Gasteiger partial charge in [-0.25, -0.2) is 12.2 Å². The van der Waals surface area contributed by atoms with Gasteiger partial charge in [0.15, 0.2) is 0 Å². The Balaban J connectivity index is 0. The van der Waals surface area contributed by atoms with Gasteiger partial charge >= 0.3 is 0 Å². The van der Waals surface area contributed by atoms with Crippen LogP contribution in [0, 0.1) is 6.08 Å². The van der Waals surface area contributed by atoms with Crippen LogP contribution >= 0.6 is 0 Å². The van der Waals surface area contributed by atoms with Crippen molar-refractivity contribution in [2.45, 2.75) is 32.5 Å². The van der Waals surface area contributed by atoms with Crippen LogP contribution in [0.25, 0.3) is 0 Å². The summed E-state index contributed by atoms with van der Waals surface area (Å²) < 4.78 is 0. The van der Waals surface area contributed by atoms with Gasteiger partial charge in [0.25, 0.3) is 0 Å². The average Bonchev–Trinajstić information content (AvgIpc) is 2.36. The van der Waals surface area contributed by atoms with Gasteiger partial charge in [-0.1, -0.05) is 18.7 Å². The van der Waals surface area contributed by atoms with E-state index >= 15 is 0 Å². The van der Waals surface area contributed by atoms with Crippen molar-refractivity contribution in [3.63, 3.8) is 0 Å². The van der Waals surface area contributed by atoms with Crippen molar-refractivity contribution < 1.29 is 21.1 Å². The molecule has 0 nitrogen and oxygen atoms in total. The first-order chi connectivity index (χ1) is 5.63. The quantitative estimate of drug-likeness (QED) is 0.394. The zero-order valence-electron chi connectivity index (χ0n) is 8.67. The van der Waals surface area contributed by atoms with Gasteiger partial charge in [-0.05, 0) is 13.0 Å². The van der Waals surface area contributed by atoms with Crippen LogP contribution in [0.1, 0.15) is 13.3 Å². The molecule has 1 aliphatic rings. The monoisotopic (exact) mass is 373 g/mol. The first kappa shape index (κ1) is 15.6. The van der Waals surface area contributed by atoms with Gasteiger partial charge in [-0.15, -0.1) is 13.0 Å². The summed E-state index contributed by atoms with van der Waals surface area (Å²) in [6.45, 7) is 10.5. The largest absolute Gasteiger partial charge is 0.273 e. The second kappa shape index (κ2) is 10.2. The molecule has 1 radical (unpaired) electrons. The standard InChI is InChI=1S/C6H13Si.C5H5.Pt/c1-6(2)5-7(3)4;1-2-4-5-3-1;/h1,5H2,2-4H3;1-3H,4H2;/q;-1;. The molecule has 0 N–H and O–H groups in total. The molecule has 1 rings (SSSR count). The second-order valence-electron chi connectivity index (χ2n) is 3.34. The van der Waals surface area contributed by atoms with Crippen molar-refractivity contribution in [2.24, 2.45) is 0 Å². The third-order valence-electron chi connectivity index (χ3n) is 1.24. The summed E-state index contributed by atoms with van der Waals surface area (Å²) in [5, 5.41) is 0. The molecule has 0 aromatic heterocycles. The van der Waals surface area contributed by atoms with E-state index in [2.05, 4.69) is 38.7 Å². The van der Waals surface area contributed by atoms with Crippen molar-refractivity contribution in [3.8, 4) is 0 Å². The smallest absolute Gasteiger partial charge is 0.0455 e. The maximum Gasteiger partial charge on any atom is 0.0455 e. The van der Waals surface area contributed by atoms with E-state index in [4.69, 9.17) is 0 Å². The normalized spacial score (nSPS) is 12.0. The van der Waals surface area contributed by atoms with E-state index in [1.165, 1.54) is 11.6 Å². The van der Waals surface area contributed by atoms with Crippen LogP contribution < -0.4 is 0 Å². The Morgan fingerprint density at radius 1 is 1.54 bits per heavy atom. The Bertz CT molecular complexity index is 171. The van der Waals surface area contributed by atoms with Gasteiger partial charge in [0.05, 0.1) is 0 Å². The van der Waals surface area contributed by atoms with Crippen molar-refractivity contribution in [2.75, 3.05) is 0 Å². The van der Waals surface area contributed by atoms with Gasteiger partial charge in [0, 0.05) is 29.9 Å². The van der Waals surface area contributed by atoms with E-state index < -0.39 is 0 Å². The summed E-state index contributed by atoms with van der Waals surface area (Å²) in [4.78, 5) is 0. The van der Waals surface area contributed by atoms with Gasteiger partial charge < -0.3 is 0 Å². The SMILES string of the molecule is C=C(C)C[Si](C)C.[C-]1=CC=CC1.[Pt]. The Labute approximate surface area is 98.7 Å². The number of hydrogen-bond acceptors (Lipinski definition) is 0. The number of allylic oxidation sites excluding steroid dienone is 5. The van der Waals surface area contributed by atoms with Crippen molar-refractivity contribution in [1.82, 2.24) is 0 Å². The molecular weight excluding hydrogens is 355 g/mol. The summed E-state index contributed by atoms with van der Waals surface area (Å²) in [5.41, 5.74) is 1.33. The fourth-order valence-corrected chi connectivity index (χ4v) is 2.15. The number of rotatable bonds is 2. The summed E-state index contributed by atoms with van der Waals surface area (Å²) in [6.07, 6.45) is 10.0.